The number of benzene rings is 2. The van der Waals surface area contributed by atoms with E-state index in [1.165, 1.54) is 24.3 Å². The van der Waals surface area contributed by atoms with Gasteiger partial charge in [0.25, 0.3) is 0 Å². The summed E-state index contributed by atoms with van der Waals surface area (Å²) in [5.74, 6) is -1.25. The smallest absolute Gasteiger partial charge is 0.354 e. The van der Waals surface area contributed by atoms with Crippen LogP contribution in [0.3, 0.4) is 0 Å². The van der Waals surface area contributed by atoms with E-state index in [4.69, 9.17) is 26.1 Å². The molecule has 212 valence electrons. The maximum absolute atomic E-state index is 14.5. The summed E-state index contributed by atoms with van der Waals surface area (Å²) in [5.41, 5.74) is 3.36. The molecule has 0 bridgehead atoms. The average molecular weight is 581 g/mol. The molecule has 11 heteroatoms. The number of hydrogen-bond donors (Lipinski definition) is 1. The van der Waals surface area contributed by atoms with Gasteiger partial charge < -0.3 is 19.1 Å². The van der Waals surface area contributed by atoms with Gasteiger partial charge in [-0.1, -0.05) is 29.8 Å². The van der Waals surface area contributed by atoms with Crippen molar-refractivity contribution in [1.82, 2.24) is 19.4 Å². The van der Waals surface area contributed by atoms with Crippen LogP contribution in [0.4, 0.5) is 8.78 Å². The number of halogens is 3. The molecule has 2 aromatic heterocycles. The first-order valence-corrected chi connectivity index (χ1v) is 13.7. The maximum atomic E-state index is 14.5. The molecule has 0 radical (unpaired) electrons. The van der Waals surface area contributed by atoms with E-state index in [2.05, 4.69) is 16.0 Å². The van der Waals surface area contributed by atoms with Crippen LogP contribution in [0.5, 0.6) is 5.75 Å². The standard InChI is InChI=1S/C30H27ClF2N4O4/c31-21-3-1-20(24(33)14-21)17-41-27-13-19(2-4-23(27)32)18-7-10-36(11-8-18)16-28-34-25-5-6-26(30(38)39)35-29(25)37(28)15-22-9-12-40-22/h1-7,13-14,22H,8-12,15-17H2,(H,38,39)/t22-/m0/s1. The lowest BCUT2D eigenvalue weighted by Crippen LogP contribution is -2.33. The molecule has 0 amide bonds. The van der Waals surface area contributed by atoms with Crippen molar-refractivity contribution in [2.24, 2.45) is 0 Å². The summed E-state index contributed by atoms with van der Waals surface area (Å²) in [6.45, 7) is 3.11. The summed E-state index contributed by atoms with van der Waals surface area (Å²) in [4.78, 5) is 22.9. The molecular weight excluding hydrogens is 554 g/mol. The minimum Gasteiger partial charge on any atom is -0.486 e. The van der Waals surface area contributed by atoms with E-state index >= 15 is 0 Å². The van der Waals surface area contributed by atoms with Crippen LogP contribution in [0, 0.1) is 11.6 Å². The molecule has 1 saturated heterocycles. The molecule has 4 aromatic rings. The number of rotatable bonds is 9. The summed E-state index contributed by atoms with van der Waals surface area (Å²) in [6.07, 6.45) is 3.82. The van der Waals surface area contributed by atoms with Gasteiger partial charge in [0.1, 0.15) is 23.8 Å². The molecule has 1 fully saturated rings. The second-order valence-electron chi connectivity index (χ2n) is 10.1. The number of carboxylic acid groups (broad SMARTS) is 1. The lowest BCUT2D eigenvalue weighted by Gasteiger charge is -2.29. The largest absolute Gasteiger partial charge is 0.486 e. The van der Waals surface area contributed by atoms with Gasteiger partial charge in [-0.2, -0.15) is 0 Å². The summed E-state index contributed by atoms with van der Waals surface area (Å²) < 4.78 is 41.9. The Morgan fingerprint density at radius 2 is 1.98 bits per heavy atom. The van der Waals surface area contributed by atoms with Gasteiger partial charge in [0.2, 0.25) is 0 Å². The number of carbonyl (C=O) groups is 1. The second-order valence-corrected chi connectivity index (χ2v) is 10.6. The molecule has 2 aromatic carbocycles. The SMILES string of the molecule is O=C(O)c1ccc2nc(CN3CC=C(c4ccc(F)c(OCc5ccc(Cl)cc5F)c4)CC3)n(C[C@@H]3CCO3)c2n1. The van der Waals surface area contributed by atoms with Crippen molar-refractivity contribution in [3.8, 4) is 5.75 Å². The first kappa shape index (κ1) is 27.3. The van der Waals surface area contributed by atoms with Crippen LogP contribution in [0.1, 0.15) is 40.3 Å². The van der Waals surface area contributed by atoms with Crippen LogP contribution in [0.25, 0.3) is 16.7 Å². The zero-order chi connectivity index (χ0) is 28.5. The van der Waals surface area contributed by atoms with Crippen molar-refractivity contribution in [2.45, 2.75) is 38.6 Å². The third-order valence-corrected chi connectivity index (χ3v) is 7.66. The molecule has 0 saturated carbocycles. The van der Waals surface area contributed by atoms with Crippen LogP contribution in [0.15, 0.2) is 54.6 Å². The van der Waals surface area contributed by atoms with Crippen molar-refractivity contribution in [2.75, 3.05) is 19.7 Å². The van der Waals surface area contributed by atoms with E-state index < -0.39 is 17.6 Å². The number of fused-ring (bicyclic) bond motifs is 1. The van der Waals surface area contributed by atoms with E-state index in [0.717, 1.165) is 36.3 Å². The highest BCUT2D eigenvalue weighted by atomic mass is 35.5. The van der Waals surface area contributed by atoms with Crippen LogP contribution in [-0.4, -0.2) is 56.3 Å². The van der Waals surface area contributed by atoms with Crippen LogP contribution in [-0.2, 0) is 24.4 Å². The average Bonchev–Trinajstić information content (AvgIpc) is 3.27. The number of ether oxygens (including phenoxy) is 2. The van der Waals surface area contributed by atoms with Gasteiger partial charge in [0, 0.05) is 30.3 Å². The van der Waals surface area contributed by atoms with Crippen LogP contribution >= 0.6 is 11.6 Å². The highest BCUT2D eigenvalue weighted by Crippen LogP contribution is 2.29. The Balaban J connectivity index is 1.17. The van der Waals surface area contributed by atoms with Crippen molar-refractivity contribution in [3.63, 3.8) is 0 Å². The quantitative estimate of drug-likeness (QED) is 0.271. The molecule has 0 aliphatic carbocycles. The lowest BCUT2D eigenvalue weighted by molar-refractivity contribution is -0.0592. The van der Waals surface area contributed by atoms with Crippen LogP contribution < -0.4 is 4.74 Å². The van der Waals surface area contributed by atoms with E-state index in [0.29, 0.717) is 37.4 Å². The predicted octanol–water partition coefficient (Wildman–Crippen LogP) is 5.72. The van der Waals surface area contributed by atoms with Gasteiger partial charge >= 0.3 is 5.97 Å². The summed E-state index contributed by atoms with van der Waals surface area (Å²) in [6, 6.07) is 12.2. The first-order chi connectivity index (χ1) is 19.8. The Bertz CT molecular complexity index is 1650. The topological polar surface area (TPSA) is 89.7 Å². The fourth-order valence-electron chi connectivity index (χ4n) is 5.04. The molecular formula is C30H27ClF2N4O4. The van der Waals surface area contributed by atoms with Crippen molar-refractivity contribution < 1.29 is 28.2 Å². The van der Waals surface area contributed by atoms with Crippen molar-refractivity contribution >= 4 is 34.3 Å². The van der Waals surface area contributed by atoms with Gasteiger partial charge in [0.05, 0.1) is 19.2 Å². The molecule has 41 heavy (non-hydrogen) atoms. The second kappa shape index (κ2) is 11.6. The summed E-state index contributed by atoms with van der Waals surface area (Å²) >= 11 is 5.81. The van der Waals surface area contributed by atoms with Gasteiger partial charge in [-0.05, 0) is 60.4 Å². The molecule has 6 rings (SSSR count). The molecule has 8 nitrogen and oxygen atoms in total. The number of nitrogens with zero attached hydrogens (tertiary/aromatic N) is 4. The molecule has 4 heterocycles. The molecule has 0 spiro atoms. The molecule has 1 N–H and O–H groups in total. The Morgan fingerprint density at radius 1 is 1.12 bits per heavy atom. The van der Waals surface area contributed by atoms with Crippen molar-refractivity contribution in [3.05, 3.63) is 93.9 Å². The monoisotopic (exact) mass is 580 g/mol. The minimum absolute atomic E-state index is 0.0220. The fraction of sp³-hybridized carbons (Fsp3) is 0.300. The number of aromatic nitrogens is 3. The van der Waals surface area contributed by atoms with E-state index in [9.17, 15) is 18.7 Å². The Kier molecular flexibility index (Phi) is 7.70. The number of hydrogen-bond acceptors (Lipinski definition) is 6. The Morgan fingerprint density at radius 3 is 2.68 bits per heavy atom. The molecule has 2 aliphatic rings. The third kappa shape index (κ3) is 5.95. The first-order valence-electron chi connectivity index (χ1n) is 13.3. The van der Waals surface area contributed by atoms with Gasteiger partial charge in [-0.15, -0.1) is 0 Å². The molecule has 2 aliphatic heterocycles. The predicted molar refractivity (Wildman–Crippen MR) is 149 cm³/mol. The Labute approximate surface area is 239 Å². The van der Waals surface area contributed by atoms with E-state index in [1.807, 2.05) is 4.57 Å². The zero-order valence-corrected chi connectivity index (χ0v) is 22.8. The van der Waals surface area contributed by atoms with Crippen molar-refractivity contribution in [1.29, 1.82) is 0 Å². The number of imidazole rings is 1. The van der Waals surface area contributed by atoms with Crippen LogP contribution in [0.2, 0.25) is 5.02 Å². The van der Waals surface area contributed by atoms with E-state index in [1.54, 1.807) is 24.3 Å². The van der Waals surface area contributed by atoms with E-state index in [-0.39, 0.29) is 34.7 Å². The lowest BCUT2D eigenvalue weighted by atomic mass is 9.99. The maximum Gasteiger partial charge on any atom is 0.354 e. The molecule has 1 atom stereocenters. The highest BCUT2D eigenvalue weighted by Gasteiger charge is 2.25. The number of carboxylic acids is 1. The molecule has 0 unspecified atom stereocenters. The van der Waals surface area contributed by atoms with Gasteiger partial charge in [-0.3, -0.25) is 4.90 Å². The third-order valence-electron chi connectivity index (χ3n) is 7.43. The highest BCUT2D eigenvalue weighted by molar-refractivity contribution is 6.30. The number of pyridine rings is 1. The van der Waals surface area contributed by atoms with Gasteiger partial charge in [-0.25, -0.2) is 23.5 Å². The Hall–Kier alpha value is -3.86. The fourth-order valence-corrected chi connectivity index (χ4v) is 5.20. The summed E-state index contributed by atoms with van der Waals surface area (Å²) in [5, 5.41) is 9.70. The zero-order valence-electron chi connectivity index (χ0n) is 22.0. The number of aromatic carboxylic acids is 1. The normalized spacial score (nSPS) is 17.3. The summed E-state index contributed by atoms with van der Waals surface area (Å²) in [7, 11) is 0. The minimum atomic E-state index is -1.08. The van der Waals surface area contributed by atoms with Gasteiger partial charge in [0.15, 0.2) is 22.9 Å².